The van der Waals surface area contributed by atoms with Crippen molar-refractivity contribution in [1.29, 1.82) is 0 Å². The number of hydrogen-bond acceptors (Lipinski definition) is 22. The van der Waals surface area contributed by atoms with Crippen LogP contribution in [0.2, 0.25) is 0 Å². The quantitative estimate of drug-likeness (QED) is 0.00997. The number of amides is 2. The number of aliphatic imine (C=N–C) groups is 1. The minimum absolute atomic E-state index is 0.0283. The van der Waals surface area contributed by atoms with E-state index < -0.39 is 0 Å². The second kappa shape index (κ2) is 47.2. The van der Waals surface area contributed by atoms with E-state index in [-0.39, 0.29) is 34.9 Å². The van der Waals surface area contributed by atoms with Crippen LogP contribution in [0.4, 0.5) is 23.0 Å². The summed E-state index contributed by atoms with van der Waals surface area (Å²) in [5, 5.41) is 21.9. The van der Waals surface area contributed by atoms with E-state index in [1.54, 1.807) is 130 Å². The van der Waals surface area contributed by atoms with E-state index in [1.165, 1.54) is 33.2 Å². The van der Waals surface area contributed by atoms with Gasteiger partial charge in [0.2, 0.25) is 0 Å². The first-order valence-electron chi connectivity index (χ1n) is 23.7. The number of ketones is 4. The maximum absolute atomic E-state index is 11.1. The van der Waals surface area contributed by atoms with Crippen LogP contribution in [-0.4, -0.2) is 136 Å². The summed E-state index contributed by atoms with van der Waals surface area (Å²) in [5.41, 5.74) is 16.0. The Kier molecular flexibility index (Phi) is 43.4. The fourth-order valence-corrected chi connectivity index (χ4v) is 6.97. The van der Waals surface area contributed by atoms with Crippen LogP contribution in [0.5, 0.6) is 0 Å². The molecule has 0 fully saturated rings. The van der Waals surface area contributed by atoms with E-state index in [2.05, 4.69) is 119 Å². The third-order valence-corrected chi connectivity index (χ3v) is 11.3. The van der Waals surface area contributed by atoms with Crippen molar-refractivity contribution in [3.63, 3.8) is 0 Å². The largest absolute Gasteiger partial charge is 0.385 e. The van der Waals surface area contributed by atoms with Gasteiger partial charge in [0, 0.05) is 114 Å². The molecule has 3 aromatic heterocycles. The van der Waals surface area contributed by atoms with Gasteiger partial charge in [-0.1, -0.05) is 28.5 Å². The Labute approximate surface area is 466 Å². The number of hydrogen-bond donors (Lipinski definition) is 7. The molecule has 7 N–H and O–H groups in total. The number of ether oxygens (including phenoxy) is 1. The van der Waals surface area contributed by atoms with Crippen molar-refractivity contribution in [1.82, 2.24) is 30.9 Å². The van der Waals surface area contributed by atoms with Crippen LogP contribution in [0.3, 0.4) is 0 Å². The monoisotopic (exact) mass is 1110 g/mol. The molecule has 420 valence electrons. The lowest BCUT2D eigenvalue weighted by atomic mass is 10.1. The van der Waals surface area contributed by atoms with Crippen molar-refractivity contribution in [2.75, 3.05) is 74.6 Å². The van der Waals surface area contributed by atoms with Crippen molar-refractivity contribution < 1.29 is 33.5 Å². The summed E-state index contributed by atoms with van der Waals surface area (Å²) < 4.78 is 4.69. The minimum atomic E-state index is -0.161. The number of benzene rings is 2. The topological polar surface area (TPSA) is 296 Å². The number of pyridine rings is 3. The summed E-state index contributed by atoms with van der Waals surface area (Å²) in [5.74, 6) is 3.29. The number of rotatable bonds is 24. The van der Waals surface area contributed by atoms with Gasteiger partial charge in [0.05, 0.1) is 34.7 Å². The van der Waals surface area contributed by atoms with Gasteiger partial charge in [-0.25, -0.2) is 9.97 Å². The molecule has 0 spiro atoms. The van der Waals surface area contributed by atoms with Crippen LogP contribution < -0.4 is 37.7 Å². The number of carbonyl (C=O) groups excluding carboxylic acids is 6. The Bertz CT molecular complexity index is 2320. The molecular formula is C54H75N15O7S2. The van der Waals surface area contributed by atoms with Gasteiger partial charge in [-0.3, -0.25) is 60.4 Å². The van der Waals surface area contributed by atoms with Crippen molar-refractivity contribution in [3.05, 3.63) is 137 Å². The van der Waals surface area contributed by atoms with Crippen molar-refractivity contribution in [2.45, 2.75) is 54.0 Å². The highest BCUT2D eigenvalue weighted by Gasteiger charge is 2.04. The summed E-state index contributed by atoms with van der Waals surface area (Å²) in [7, 11) is 10.4. The molecular weight excluding hydrogens is 1030 g/mol. The van der Waals surface area contributed by atoms with Gasteiger partial charge in [-0.2, -0.15) is 20.4 Å². The highest BCUT2D eigenvalue weighted by molar-refractivity contribution is 8.76. The zero-order valence-corrected chi connectivity index (χ0v) is 47.7. The number of anilines is 4. The first kappa shape index (κ1) is 71.8. The minimum Gasteiger partial charge on any atom is -0.385 e. The fraction of sp³-hybridized carbons (Fsp3) is 0.296. The van der Waals surface area contributed by atoms with Crippen LogP contribution in [0, 0.1) is 0 Å². The first-order valence-corrected chi connectivity index (χ1v) is 26.1. The molecule has 0 aliphatic carbocycles. The van der Waals surface area contributed by atoms with Gasteiger partial charge >= 0.3 is 0 Å². The van der Waals surface area contributed by atoms with Crippen molar-refractivity contribution in [3.8, 4) is 0 Å². The molecule has 24 heteroatoms. The first-order chi connectivity index (χ1) is 37.4. The normalized spacial score (nSPS) is 9.19. The summed E-state index contributed by atoms with van der Waals surface area (Å²) >= 11 is 0. The number of Topliss-reactive ketones (excluding diaryl/α,β-unsaturated/α-hetero) is 4. The predicted molar refractivity (Wildman–Crippen MR) is 325 cm³/mol. The molecule has 0 radical (unpaired) electrons. The summed E-state index contributed by atoms with van der Waals surface area (Å²) in [4.78, 5) is 80.8. The van der Waals surface area contributed by atoms with Crippen LogP contribution in [0.15, 0.2) is 129 Å². The third kappa shape index (κ3) is 36.6. The zero-order valence-electron chi connectivity index (χ0n) is 46.1. The molecule has 2 aromatic carbocycles. The highest BCUT2D eigenvalue weighted by atomic mass is 33.1. The second-order valence-corrected chi connectivity index (χ2v) is 17.7. The van der Waals surface area contributed by atoms with Crippen LogP contribution in [0.1, 0.15) is 105 Å². The molecule has 22 nitrogen and oxygen atoms in total. The van der Waals surface area contributed by atoms with Gasteiger partial charge in [-0.15, -0.1) is 0 Å². The standard InChI is InChI=1S/3C9H10N2O.2C8H10N4O.C7H15NOS2.C4H10O/c2*1-7(12)8-3-5-9(6-4-8)11-10-2;1-7(12)8-3-4-9(6-10-2)11-5-8;2*1-9-8(13)6-3-4-7(11-5-6)12-10-2;1-7(9)3-5-10-11-6-4-8-2;1-3-4-5-2/h2*3-6,11H,2H2,1H3;3-5H,2,6H2,1H3;2*3-5H,2H2,1H3,(H,9,13)(H,11,12);8H,3-6H2,1-2H3;3-4H2,1-2H3. The molecule has 0 unspecified atom stereocenters. The average molecular weight is 1110 g/mol. The van der Waals surface area contributed by atoms with Crippen molar-refractivity contribution in [2.24, 2.45) is 25.4 Å². The molecule has 0 aliphatic rings. The number of carbonyl (C=O) groups is 6. The molecule has 78 heavy (non-hydrogen) atoms. The van der Waals surface area contributed by atoms with Crippen LogP contribution in [-0.2, 0) is 16.1 Å². The lowest BCUT2D eigenvalue weighted by Gasteiger charge is -2.00. The van der Waals surface area contributed by atoms with Gasteiger partial charge < -0.3 is 20.7 Å². The summed E-state index contributed by atoms with van der Waals surface area (Å²) in [6, 6.07) is 24.3. The van der Waals surface area contributed by atoms with Gasteiger partial charge in [-0.05, 0) is 133 Å². The maximum atomic E-state index is 11.1. The van der Waals surface area contributed by atoms with Crippen molar-refractivity contribution >= 4 is 113 Å². The molecule has 0 saturated heterocycles. The van der Waals surface area contributed by atoms with E-state index in [0.717, 1.165) is 48.1 Å². The van der Waals surface area contributed by atoms with Gasteiger partial charge in [0.15, 0.2) is 17.3 Å². The average Bonchev–Trinajstić information content (AvgIpc) is 3.44. The second-order valence-electron chi connectivity index (χ2n) is 15.0. The molecule has 0 saturated carbocycles. The Hall–Kier alpha value is -8.32. The SMILES string of the molecule is C=NCc1ccc(C(C)=O)cn1.C=NNc1ccc(C(=O)NC)cn1.C=NNc1ccc(C(=O)NC)cn1.C=NNc1ccc(C(C)=O)cc1.C=NNc1ccc(C(C)=O)cc1.CCCOC.CNCCSSCCC(C)=O. The third-order valence-electron chi connectivity index (χ3n) is 8.86. The van der Waals surface area contributed by atoms with Crippen LogP contribution in [0.25, 0.3) is 0 Å². The predicted octanol–water partition coefficient (Wildman–Crippen LogP) is 8.86. The molecule has 5 rings (SSSR count). The molecule has 0 bridgehead atoms. The lowest BCUT2D eigenvalue weighted by molar-refractivity contribution is -0.116. The van der Waals surface area contributed by atoms with E-state index >= 15 is 0 Å². The number of aromatic nitrogens is 3. The van der Waals surface area contributed by atoms with Gasteiger partial charge in [0.25, 0.3) is 11.8 Å². The Morgan fingerprint density at radius 1 is 0.526 bits per heavy atom. The van der Waals surface area contributed by atoms with Gasteiger partial charge in [0.1, 0.15) is 17.4 Å². The van der Waals surface area contributed by atoms with E-state index in [4.69, 9.17) is 4.74 Å². The van der Waals surface area contributed by atoms with E-state index in [0.29, 0.717) is 52.4 Å². The van der Waals surface area contributed by atoms with E-state index in [1.807, 2.05) is 17.8 Å². The van der Waals surface area contributed by atoms with Crippen LogP contribution >= 0.6 is 21.6 Å². The molecule has 5 aromatic rings. The Morgan fingerprint density at radius 2 is 0.923 bits per heavy atom. The Morgan fingerprint density at radius 3 is 1.21 bits per heavy atom. The maximum Gasteiger partial charge on any atom is 0.252 e. The molecule has 3 heterocycles. The highest BCUT2D eigenvalue weighted by Crippen LogP contribution is 2.21. The number of hydrazone groups is 4. The number of nitrogens with one attached hydrogen (secondary N) is 7. The lowest BCUT2D eigenvalue weighted by Crippen LogP contribution is -2.17. The molecule has 0 aliphatic heterocycles. The fourth-order valence-electron chi connectivity index (χ4n) is 4.87. The van der Waals surface area contributed by atoms with E-state index in [9.17, 15) is 28.8 Å². The zero-order chi connectivity index (χ0) is 58.9. The smallest absolute Gasteiger partial charge is 0.252 e. The Balaban J connectivity index is 0. The molecule has 2 amide bonds. The summed E-state index contributed by atoms with van der Waals surface area (Å²) in [6.45, 7) is 27.2. The molecule has 0 atom stereocenters. The summed E-state index contributed by atoms with van der Waals surface area (Å²) in [6.07, 6.45) is 6.31. The number of methoxy groups -OCH3 is 1. The number of nitrogens with zero attached hydrogens (tertiary/aromatic N) is 8.